The van der Waals surface area contributed by atoms with Crippen LogP contribution in [0.4, 0.5) is 18.0 Å². The van der Waals surface area contributed by atoms with E-state index >= 15 is 0 Å². The highest BCUT2D eigenvalue weighted by Gasteiger charge is 2.73. The Hall–Kier alpha value is -1.84. The van der Waals surface area contributed by atoms with E-state index in [2.05, 4.69) is 20.5 Å². The van der Waals surface area contributed by atoms with Crippen molar-refractivity contribution in [1.82, 2.24) is 30.3 Å². The quantitative estimate of drug-likeness (QED) is 0.762. The van der Waals surface area contributed by atoms with Crippen molar-refractivity contribution in [3.8, 4) is 0 Å². The van der Waals surface area contributed by atoms with Crippen molar-refractivity contribution in [3.05, 3.63) is 12.2 Å². The maximum atomic E-state index is 13.1. The molecule has 2 aliphatic heterocycles. The van der Waals surface area contributed by atoms with Gasteiger partial charge in [0.05, 0.1) is 5.41 Å². The number of hydrogen-bond donors (Lipinski definition) is 2. The Morgan fingerprint density at radius 1 is 1.20 bits per heavy atom. The standard InChI is InChI=1S/C20H27F3N6O/c21-20(22,23)18(2-3-18)11-25-19-8-17(9-19,10-19)14-6-29(7-14)16(30)28-4-1-13(5-28)15-24-12-26-27-15/h12-14,25H,1-11H2,(H,24,26,27)/t13-,17?,19?/m0/s1. The molecule has 6 fully saturated rings. The summed E-state index contributed by atoms with van der Waals surface area (Å²) in [5, 5.41) is 10.1. The van der Waals surface area contributed by atoms with E-state index in [9.17, 15) is 18.0 Å². The lowest BCUT2D eigenvalue weighted by Crippen LogP contribution is -2.79. The van der Waals surface area contributed by atoms with Crippen LogP contribution >= 0.6 is 0 Å². The largest absolute Gasteiger partial charge is 0.395 e. The summed E-state index contributed by atoms with van der Waals surface area (Å²) >= 11 is 0. The second-order valence-electron chi connectivity index (χ2n) is 10.5. The molecule has 7 rings (SSSR count). The van der Waals surface area contributed by atoms with Gasteiger partial charge in [0.15, 0.2) is 0 Å². The fourth-order valence-electron chi connectivity index (χ4n) is 6.35. The molecular weight excluding hydrogens is 397 g/mol. The van der Waals surface area contributed by atoms with Crippen LogP contribution in [0.3, 0.4) is 0 Å². The van der Waals surface area contributed by atoms with Crippen molar-refractivity contribution in [3.63, 3.8) is 0 Å². The van der Waals surface area contributed by atoms with Crippen molar-refractivity contribution in [2.24, 2.45) is 16.7 Å². The molecule has 1 aromatic heterocycles. The van der Waals surface area contributed by atoms with E-state index in [1.165, 1.54) is 6.33 Å². The van der Waals surface area contributed by atoms with E-state index in [1.54, 1.807) is 0 Å². The number of amides is 2. The van der Waals surface area contributed by atoms with E-state index in [0.29, 0.717) is 12.5 Å². The highest BCUT2D eigenvalue weighted by molar-refractivity contribution is 5.76. The van der Waals surface area contributed by atoms with E-state index < -0.39 is 11.6 Å². The van der Waals surface area contributed by atoms with Gasteiger partial charge in [-0.3, -0.25) is 5.10 Å². The summed E-state index contributed by atoms with van der Waals surface area (Å²) in [6, 6.07) is 0.105. The third-order valence-electron chi connectivity index (χ3n) is 8.63. The first-order chi connectivity index (χ1) is 14.2. The van der Waals surface area contributed by atoms with E-state index in [4.69, 9.17) is 0 Å². The number of rotatable bonds is 5. The minimum Gasteiger partial charge on any atom is -0.324 e. The van der Waals surface area contributed by atoms with Crippen LogP contribution in [0.2, 0.25) is 0 Å². The number of nitrogens with one attached hydrogen (secondary N) is 2. The Bertz CT molecular complexity index is 825. The van der Waals surface area contributed by atoms with Crippen molar-refractivity contribution >= 4 is 6.03 Å². The number of nitrogens with zero attached hydrogens (tertiary/aromatic N) is 4. The van der Waals surface area contributed by atoms with Crippen LogP contribution in [0.5, 0.6) is 0 Å². The first kappa shape index (κ1) is 18.9. The van der Waals surface area contributed by atoms with Crippen LogP contribution in [0.25, 0.3) is 0 Å². The molecule has 0 spiro atoms. The van der Waals surface area contributed by atoms with Crippen LogP contribution in [0, 0.1) is 16.7 Å². The molecule has 4 saturated carbocycles. The molecule has 3 heterocycles. The third-order valence-corrected chi connectivity index (χ3v) is 8.63. The number of urea groups is 1. The molecular formula is C20H27F3N6O. The Morgan fingerprint density at radius 2 is 1.93 bits per heavy atom. The second-order valence-corrected chi connectivity index (χ2v) is 10.5. The Labute approximate surface area is 172 Å². The number of hydrogen-bond acceptors (Lipinski definition) is 4. The van der Waals surface area contributed by atoms with Gasteiger partial charge in [0.25, 0.3) is 0 Å². The highest BCUT2D eigenvalue weighted by atomic mass is 19.4. The zero-order valence-electron chi connectivity index (χ0n) is 16.8. The molecule has 4 aliphatic carbocycles. The molecule has 164 valence electrons. The van der Waals surface area contributed by atoms with Crippen LogP contribution in [-0.2, 0) is 0 Å². The Kier molecular flexibility index (Phi) is 3.71. The van der Waals surface area contributed by atoms with E-state index in [0.717, 1.165) is 51.1 Å². The molecule has 0 aromatic carbocycles. The molecule has 2 N–H and O–H groups in total. The lowest BCUT2D eigenvalue weighted by molar-refractivity contribution is -0.225. The Morgan fingerprint density at radius 3 is 2.53 bits per heavy atom. The van der Waals surface area contributed by atoms with Crippen molar-refractivity contribution in [2.45, 2.75) is 56.2 Å². The monoisotopic (exact) mass is 424 g/mol. The summed E-state index contributed by atoms with van der Waals surface area (Å²) in [7, 11) is 0. The number of aromatic nitrogens is 3. The summed E-state index contributed by atoms with van der Waals surface area (Å²) in [6.07, 6.45) is 1.75. The van der Waals surface area contributed by atoms with E-state index in [1.807, 2.05) is 9.80 Å². The molecule has 2 amide bonds. The maximum Gasteiger partial charge on any atom is 0.395 e. The molecule has 0 unspecified atom stereocenters. The van der Waals surface area contributed by atoms with Crippen LogP contribution in [0.1, 0.15) is 50.3 Å². The van der Waals surface area contributed by atoms with Gasteiger partial charge in [-0.05, 0) is 43.9 Å². The van der Waals surface area contributed by atoms with E-state index in [-0.39, 0.29) is 42.3 Å². The molecule has 30 heavy (non-hydrogen) atoms. The number of H-pyrrole nitrogens is 1. The second kappa shape index (κ2) is 5.89. The van der Waals surface area contributed by atoms with Gasteiger partial charge >= 0.3 is 12.2 Å². The van der Waals surface area contributed by atoms with Crippen molar-refractivity contribution in [1.29, 1.82) is 0 Å². The van der Waals surface area contributed by atoms with Gasteiger partial charge in [-0.1, -0.05) is 0 Å². The molecule has 6 aliphatic rings. The number of alkyl halides is 3. The first-order valence-corrected chi connectivity index (χ1v) is 10.9. The van der Waals surface area contributed by atoms with Crippen LogP contribution < -0.4 is 5.32 Å². The fraction of sp³-hybridized carbons (Fsp3) is 0.850. The molecule has 1 aromatic rings. The average molecular weight is 424 g/mol. The molecule has 10 heteroatoms. The molecule has 1 atom stereocenters. The van der Waals surface area contributed by atoms with Crippen molar-refractivity contribution in [2.75, 3.05) is 32.7 Å². The zero-order valence-corrected chi connectivity index (χ0v) is 16.8. The van der Waals surface area contributed by atoms with Gasteiger partial charge < -0.3 is 15.1 Å². The summed E-state index contributed by atoms with van der Waals surface area (Å²) in [5.74, 6) is 1.57. The average Bonchev–Trinajstić information content (AvgIpc) is 3.03. The van der Waals surface area contributed by atoms with Crippen molar-refractivity contribution < 1.29 is 18.0 Å². The first-order valence-electron chi connectivity index (χ1n) is 10.9. The minimum atomic E-state index is -4.09. The molecule has 7 nitrogen and oxygen atoms in total. The summed E-state index contributed by atoms with van der Waals surface area (Å²) < 4.78 is 39.4. The highest BCUT2D eigenvalue weighted by Crippen LogP contribution is 2.72. The lowest BCUT2D eigenvalue weighted by Gasteiger charge is -2.76. The van der Waals surface area contributed by atoms with Gasteiger partial charge in [-0.2, -0.15) is 18.3 Å². The number of carbonyl (C=O) groups is 1. The van der Waals surface area contributed by atoms with Gasteiger partial charge in [-0.15, -0.1) is 0 Å². The topological polar surface area (TPSA) is 77.2 Å². The normalized spacial score (nSPS) is 36.8. The predicted octanol–water partition coefficient (Wildman–Crippen LogP) is 2.50. The van der Waals surface area contributed by atoms with Gasteiger partial charge in [-0.25, -0.2) is 9.78 Å². The van der Waals surface area contributed by atoms with Gasteiger partial charge in [0.2, 0.25) is 0 Å². The van der Waals surface area contributed by atoms with Crippen LogP contribution in [0.15, 0.2) is 6.33 Å². The minimum absolute atomic E-state index is 0.0650. The summed E-state index contributed by atoms with van der Waals surface area (Å²) in [4.78, 5) is 20.8. The zero-order chi connectivity index (χ0) is 20.8. The molecule has 2 bridgehead atoms. The smallest absolute Gasteiger partial charge is 0.324 e. The number of halogens is 3. The van der Waals surface area contributed by atoms with Gasteiger partial charge in [0, 0.05) is 50.1 Å². The van der Waals surface area contributed by atoms with Crippen LogP contribution in [-0.4, -0.2) is 75.5 Å². The summed E-state index contributed by atoms with van der Waals surface area (Å²) in [5.41, 5.74) is -1.27. The predicted molar refractivity (Wildman–Crippen MR) is 101 cm³/mol. The number of likely N-dealkylation sites (tertiary alicyclic amines) is 2. The third kappa shape index (κ3) is 2.64. The lowest BCUT2D eigenvalue weighted by atomic mass is 9.35. The summed E-state index contributed by atoms with van der Waals surface area (Å²) in [6.45, 7) is 3.05. The SMILES string of the molecule is O=C(N1CC(C23CC(NCC4(C(F)(F)F)CC4)(C2)C3)C1)N1CC[C@H](c2ncn[nH]2)C1. The maximum absolute atomic E-state index is 13.1. The molecule has 2 saturated heterocycles. The molecule has 0 radical (unpaired) electrons. The van der Waals surface area contributed by atoms with Gasteiger partial charge in [0.1, 0.15) is 12.2 Å². The number of aromatic amines is 1. The number of carbonyl (C=O) groups excluding carboxylic acids is 1. The Balaban J connectivity index is 0.961. The fourth-order valence-corrected chi connectivity index (χ4v) is 6.35.